The number of hydrogen-bond donors (Lipinski definition) is 2. The Kier molecular flexibility index (Phi) is 13.0. The van der Waals surface area contributed by atoms with E-state index in [2.05, 4.69) is 32.6 Å². The van der Waals surface area contributed by atoms with Gasteiger partial charge in [-0.25, -0.2) is 0 Å². The number of hydrogen-bond acceptors (Lipinski definition) is 5. The smallest absolute Gasteiger partial charge is 0.121 e. The lowest BCUT2D eigenvalue weighted by Crippen LogP contribution is -2.30. The lowest BCUT2D eigenvalue weighted by molar-refractivity contribution is -0.311. The van der Waals surface area contributed by atoms with E-state index in [1.165, 1.54) is 11.1 Å². The van der Waals surface area contributed by atoms with Crippen LogP contribution in [0.4, 0.5) is 0 Å². The third-order valence-electron chi connectivity index (χ3n) is 7.03. The average Bonchev–Trinajstić information content (AvgIpc) is 2.76. The lowest BCUT2D eigenvalue weighted by Gasteiger charge is -2.32. The Bertz CT molecular complexity index is 672. The summed E-state index contributed by atoms with van der Waals surface area (Å²) in [7, 11) is 0. The van der Waals surface area contributed by atoms with Gasteiger partial charge in [0.15, 0.2) is 0 Å². The van der Waals surface area contributed by atoms with Crippen LogP contribution < -0.4 is 5.11 Å². The molecule has 0 fully saturated rings. The van der Waals surface area contributed by atoms with Crippen molar-refractivity contribution in [3.63, 3.8) is 0 Å². The molecule has 0 aliphatic heterocycles. The minimum absolute atomic E-state index is 0.0283. The fourth-order valence-corrected chi connectivity index (χ4v) is 4.48. The molecule has 5 heteroatoms. The molecule has 1 aliphatic rings. The van der Waals surface area contributed by atoms with E-state index in [0.29, 0.717) is 31.6 Å². The van der Waals surface area contributed by atoms with E-state index in [1.54, 1.807) is 6.92 Å². The fourth-order valence-electron chi connectivity index (χ4n) is 4.48. The SMILES string of the molecule is C=C(CCCC(C)(O)CCCC(C)C(=O)[O-])CCC1C(OC(CC)CO)=C(CC)C=CC1C. The number of rotatable bonds is 17. The zero-order valence-corrected chi connectivity index (χ0v) is 21.6. The van der Waals surface area contributed by atoms with Crippen molar-refractivity contribution < 1.29 is 24.9 Å². The fraction of sp³-hybridized carbons (Fsp3) is 0.750. The van der Waals surface area contributed by atoms with E-state index in [-0.39, 0.29) is 18.6 Å². The summed E-state index contributed by atoms with van der Waals surface area (Å²) in [4.78, 5) is 10.8. The maximum Gasteiger partial charge on any atom is 0.121 e. The molecule has 5 atom stereocenters. The van der Waals surface area contributed by atoms with Gasteiger partial charge in [0.05, 0.1) is 12.2 Å². The molecule has 0 amide bonds. The highest BCUT2D eigenvalue weighted by atomic mass is 16.5. The molecule has 0 spiro atoms. The number of carbonyl (C=O) groups is 1. The second-order valence-corrected chi connectivity index (χ2v) is 10.1. The number of allylic oxidation sites excluding steroid dienone is 5. The molecule has 1 rings (SSSR count). The van der Waals surface area contributed by atoms with E-state index in [1.807, 2.05) is 13.8 Å². The molecule has 33 heavy (non-hydrogen) atoms. The lowest BCUT2D eigenvalue weighted by atomic mass is 9.80. The minimum atomic E-state index is -1.02. The van der Waals surface area contributed by atoms with Crippen molar-refractivity contribution in [3.8, 4) is 0 Å². The van der Waals surface area contributed by atoms with Gasteiger partial charge in [0.2, 0.25) is 0 Å². The molecule has 0 aromatic rings. The molecule has 0 heterocycles. The normalized spacial score (nSPS) is 22.0. The summed E-state index contributed by atoms with van der Waals surface area (Å²) in [5, 5.41) is 31.1. The molecule has 0 aromatic carbocycles. The van der Waals surface area contributed by atoms with Crippen LogP contribution in [0, 0.1) is 17.8 Å². The molecule has 2 N–H and O–H groups in total. The first-order chi connectivity index (χ1) is 15.5. The van der Waals surface area contributed by atoms with Crippen LogP contribution in [0.5, 0.6) is 0 Å². The highest BCUT2D eigenvalue weighted by molar-refractivity contribution is 5.66. The number of ether oxygens (including phenoxy) is 1. The molecular weight excluding hydrogens is 416 g/mol. The second kappa shape index (κ2) is 14.6. The summed E-state index contributed by atoms with van der Waals surface area (Å²) < 4.78 is 6.28. The van der Waals surface area contributed by atoms with Gasteiger partial charge in [-0.1, -0.05) is 52.0 Å². The van der Waals surface area contributed by atoms with Gasteiger partial charge < -0.3 is 24.9 Å². The van der Waals surface area contributed by atoms with Crippen molar-refractivity contribution >= 4 is 5.97 Å². The molecule has 0 saturated carbocycles. The first kappa shape index (κ1) is 29.4. The van der Waals surface area contributed by atoms with Crippen LogP contribution in [-0.2, 0) is 9.53 Å². The zero-order valence-electron chi connectivity index (χ0n) is 21.6. The van der Waals surface area contributed by atoms with Crippen LogP contribution in [0.15, 0.2) is 35.6 Å². The minimum Gasteiger partial charge on any atom is -0.550 e. The first-order valence-corrected chi connectivity index (χ1v) is 12.8. The molecule has 5 unspecified atom stereocenters. The third-order valence-corrected chi connectivity index (χ3v) is 7.03. The summed E-state index contributed by atoms with van der Waals surface area (Å²) >= 11 is 0. The van der Waals surface area contributed by atoms with Crippen LogP contribution >= 0.6 is 0 Å². The van der Waals surface area contributed by atoms with Crippen LogP contribution in [0.2, 0.25) is 0 Å². The Labute approximate surface area is 201 Å². The number of carboxylic acid groups (broad SMARTS) is 1. The van der Waals surface area contributed by atoms with Gasteiger partial charge in [0, 0.05) is 11.9 Å². The topological polar surface area (TPSA) is 89.8 Å². The van der Waals surface area contributed by atoms with E-state index in [9.17, 15) is 20.1 Å². The highest BCUT2D eigenvalue weighted by Gasteiger charge is 2.28. The van der Waals surface area contributed by atoms with Crippen molar-refractivity contribution in [2.24, 2.45) is 17.8 Å². The summed E-state index contributed by atoms with van der Waals surface area (Å²) in [5.41, 5.74) is 1.62. The van der Waals surface area contributed by atoms with Crippen LogP contribution in [0.25, 0.3) is 0 Å². The summed E-state index contributed by atoms with van der Waals surface area (Å²) in [5.74, 6) is 0.206. The number of carbonyl (C=O) groups excluding carboxylic acids is 1. The molecule has 1 aliphatic carbocycles. The molecule has 0 saturated heterocycles. The Morgan fingerprint density at radius 1 is 1.27 bits per heavy atom. The molecule has 5 nitrogen and oxygen atoms in total. The van der Waals surface area contributed by atoms with Gasteiger partial charge in [-0.15, -0.1) is 0 Å². The number of aliphatic hydroxyl groups excluding tert-OH is 1. The highest BCUT2D eigenvalue weighted by Crippen LogP contribution is 2.37. The summed E-state index contributed by atoms with van der Waals surface area (Å²) in [6.45, 7) is 14.2. The molecular formula is C28H47O5-. The van der Waals surface area contributed by atoms with Gasteiger partial charge in [-0.3, -0.25) is 0 Å². The quantitative estimate of drug-likeness (QED) is 0.294. The number of aliphatic carboxylic acids is 1. The van der Waals surface area contributed by atoms with Gasteiger partial charge >= 0.3 is 0 Å². The molecule has 0 aromatic heterocycles. The predicted molar refractivity (Wildman–Crippen MR) is 132 cm³/mol. The van der Waals surface area contributed by atoms with Gasteiger partial charge in [-0.2, -0.15) is 0 Å². The summed E-state index contributed by atoms with van der Waals surface area (Å²) in [6.07, 6.45) is 12.1. The van der Waals surface area contributed by atoms with Crippen LogP contribution in [0.3, 0.4) is 0 Å². The van der Waals surface area contributed by atoms with Gasteiger partial charge in [0.25, 0.3) is 0 Å². The van der Waals surface area contributed by atoms with E-state index in [0.717, 1.165) is 44.3 Å². The Morgan fingerprint density at radius 2 is 1.94 bits per heavy atom. The third kappa shape index (κ3) is 10.5. The monoisotopic (exact) mass is 463 g/mol. The van der Waals surface area contributed by atoms with Crippen molar-refractivity contribution in [2.75, 3.05) is 6.61 Å². The number of aliphatic hydroxyl groups is 2. The predicted octanol–water partition coefficient (Wildman–Crippen LogP) is 5.07. The summed E-state index contributed by atoms with van der Waals surface area (Å²) in [6, 6.07) is 0. The molecule has 190 valence electrons. The standard InChI is InChI=1S/C28H48O5/c1-7-23-15-14-21(4)25(26(23)33-24(8-2)19-29)16-13-20(3)11-9-17-28(6,32)18-10-12-22(5)27(30)31/h14-15,21-22,24-25,29,32H,3,7-13,16-19H2,1-2,4-6H3,(H,30,31)/p-1. The van der Waals surface area contributed by atoms with Crippen molar-refractivity contribution in [3.05, 3.63) is 35.6 Å². The van der Waals surface area contributed by atoms with E-state index >= 15 is 0 Å². The average molecular weight is 464 g/mol. The maximum absolute atomic E-state index is 10.8. The van der Waals surface area contributed by atoms with E-state index < -0.39 is 17.5 Å². The van der Waals surface area contributed by atoms with Crippen LogP contribution in [0.1, 0.15) is 98.8 Å². The van der Waals surface area contributed by atoms with Gasteiger partial charge in [-0.05, 0) is 88.5 Å². The molecule has 0 bridgehead atoms. The van der Waals surface area contributed by atoms with Gasteiger partial charge in [0.1, 0.15) is 11.9 Å². The zero-order chi connectivity index (χ0) is 25.0. The largest absolute Gasteiger partial charge is 0.550 e. The van der Waals surface area contributed by atoms with E-state index in [4.69, 9.17) is 4.74 Å². The Hall–Kier alpha value is -1.59. The Balaban J connectivity index is 2.53. The maximum atomic E-state index is 10.8. The van der Waals surface area contributed by atoms with Crippen molar-refractivity contribution in [2.45, 2.75) is 111 Å². The molecule has 0 radical (unpaired) electrons. The van der Waals surface area contributed by atoms with Crippen molar-refractivity contribution in [1.82, 2.24) is 0 Å². The van der Waals surface area contributed by atoms with Crippen molar-refractivity contribution in [1.29, 1.82) is 0 Å². The first-order valence-electron chi connectivity index (χ1n) is 12.8. The Morgan fingerprint density at radius 3 is 2.52 bits per heavy atom. The van der Waals surface area contributed by atoms with Crippen LogP contribution in [-0.4, -0.2) is 34.5 Å². The second-order valence-electron chi connectivity index (χ2n) is 10.1. The number of carboxylic acids is 1.